The third-order valence-corrected chi connectivity index (χ3v) is 4.28. The molecule has 0 bridgehead atoms. The molecule has 0 atom stereocenters. The molecule has 1 amide bonds. The van der Waals surface area contributed by atoms with Gasteiger partial charge in [-0.15, -0.1) is 11.3 Å². The second kappa shape index (κ2) is 6.15. The molecule has 0 unspecified atom stereocenters. The fourth-order valence-electron chi connectivity index (χ4n) is 1.60. The lowest BCUT2D eigenvalue weighted by Crippen LogP contribution is -2.23. The molecule has 0 aliphatic carbocycles. The number of halogens is 5. The molecule has 2 nitrogen and oxygen atoms in total. The van der Waals surface area contributed by atoms with Crippen molar-refractivity contribution in [2.45, 2.75) is 12.7 Å². The van der Waals surface area contributed by atoms with Crippen molar-refractivity contribution >= 4 is 33.2 Å². The second-order valence-electron chi connectivity index (χ2n) is 4.11. The highest BCUT2D eigenvalue weighted by molar-refractivity contribution is 9.10. The Morgan fingerprint density at radius 3 is 2.57 bits per heavy atom. The molecular formula is C13H8BrF4NOS. The molecule has 1 aromatic heterocycles. The van der Waals surface area contributed by atoms with Gasteiger partial charge in [0.15, 0.2) is 0 Å². The summed E-state index contributed by atoms with van der Waals surface area (Å²) in [5, 5.41) is 4.31. The van der Waals surface area contributed by atoms with Crippen molar-refractivity contribution in [2.24, 2.45) is 0 Å². The van der Waals surface area contributed by atoms with Crippen molar-refractivity contribution in [1.82, 2.24) is 5.32 Å². The second-order valence-corrected chi connectivity index (χ2v) is 6.02. The van der Waals surface area contributed by atoms with Crippen LogP contribution in [0.25, 0.3) is 0 Å². The Kier molecular flexibility index (Phi) is 4.67. The lowest BCUT2D eigenvalue weighted by molar-refractivity contribution is -0.140. The van der Waals surface area contributed by atoms with Crippen LogP contribution in [0.1, 0.15) is 20.8 Å². The Bertz CT molecular complexity index is 668. The fourth-order valence-corrected chi connectivity index (χ4v) is 2.99. The Labute approximate surface area is 129 Å². The molecule has 0 fully saturated rings. The zero-order valence-corrected chi connectivity index (χ0v) is 12.7. The zero-order chi connectivity index (χ0) is 15.6. The molecule has 1 aromatic carbocycles. The number of rotatable bonds is 3. The summed E-state index contributed by atoms with van der Waals surface area (Å²) in [4.78, 5) is 12.6. The molecule has 8 heteroatoms. The zero-order valence-electron chi connectivity index (χ0n) is 10.3. The van der Waals surface area contributed by atoms with Crippen LogP contribution in [0.5, 0.6) is 0 Å². The van der Waals surface area contributed by atoms with Gasteiger partial charge in [0, 0.05) is 20.3 Å². The summed E-state index contributed by atoms with van der Waals surface area (Å²) >= 11 is 4.65. The van der Waals surface area contributed by atoms with Crippen molar-refractivity contribution in [3.63, 3.8) is 0 Å². The predicted molar refractivity (Wildman–Crippen MR) is 74.6 cm³/mol. The minimum Gasteiger partial charge on any atom is -0.347 e. The average molecular weight is 382 g/mol. The van der Waals surface area contributed by atoms with Crippen molar-refractivity contribution < 1.29 is 22.4 Å². The number of nitrogens with one attached hydrogen (secondary N) is 1. The van der Waals surface area contributed by atoms with E-state index in [9.17, 15) is 22.4 Å². The van der Waals surface area contributed by atoms with E-state index in [0.29, 0.717) is 12.1 Å². The van der Waals surface area contributed by atoms with Crippen LogP contribution in [0.2, 0.25) is 0 Å². The molecule has 0 aliphatic rings. The summed E-state index contributed by atoms with van der Waals surface area (Å²) in [5.41, 5.74) is -1.69. The van der Waals surface area contributed by atoms with Gasteiger partial charge in [0.2, 0.25) is 0 Å². The highest BCUT2D eigenvalue weighted by atomic mass is 79.9. The number of benzene rings is 1. The highest BCUT2D eigenvalue weighted by Gasteiger charge is 2.34. The number of amides is 1. The van der Waals surface area contributed by atoms with Gasteiger partial charge in [0.25, 0.3) is 5.91 Å². The van der Waals surface area contributed by atoms with Crippen molar-refractivity contribution in [1.29, 1.82) is 0 Å². The van der Waals surface area contributed by atoms with Crippen LogP contribution in [0.3, 0.4) is 0 Å². The van der Waals surface area contributed by atoms with E-state index in [2.05, 4.69) is 21.2 Å². The van der Waals surface area contributed by atoms with Crippen LogP contribution in [0, 0.1) is 5.82 Å². The van der Waals surface area contributed by atoms with Gasteiger partial charge < -0.3 is 5.32 Å². The SMILES string of the molecule is O=C(NCc1cc(Br)cs1)c1ccc(F)c(C(F)(F)F)c1. The Morgan fingerprint density at radius 2 is 2.00 bits per heavy atom. The maximum atomic E-state index is 13.1. The summed E-state index contributed by atoms with van der Waals surface area (Å²) in [6.07, 6.45) is -4.83. The number of alkyl halides is 3. The van der Waals surface area contributed by atoms with Crippen LogP contribution < -0.4 is 5.32 Å². The number of hydrogen-bond donors (Lipinski definition) is 1. The number of hydrogen-bond acceptors (Lipinski definition) is 2. The van der Waals surface area contributed by atoms with Gasteiger partial charge in [-0.25, -0.2) is 4.39 Å². The quantitative estimate of drug-likeness (QED) is 0.773. The lowest BCUT2D eigenvalue weighted by Gasteiger charge is -2.10. The van der Waals surface area contributed by atoms with Gasteiger partial charge in [0.1, 0.15) is 5.82 Å². The summed E-state index contributed by atoms with van der Waals surface area (Å²) in [6, 6.07) is 3.95. The first-order chi connectivity index (χ1) is 9.77. The van der Waals surface area contributed by atoms with E-state index >= 15 is 0 Å². The van der Waals surface area contributed by atoms with Gasteiger partial charge in [0.05, 0.1) is 12.1 Å². The summed E-state index contributed by atoms with van der Waals surface area (Å²) in [5.74, 6) is -2.09. The molecular weight excluding hydrogens is 374 g/mol. The van der Waals surface area contributed by atoms with E-state index in [1.165, 1.54) is 11.3 Å². The minimum absolute atomic E-state index is 0.188. The monoisotopic (exact) mass is 381 g/mol. The standard InChI is InChI=1S/C13H8BrF4NOS/c14-8-4-9(21-6-8)5-19-12(20)7-1-2-11(15)10(3-7)13(16,17)18/h1-4,6H,5H2,(H,19,20). The first kappa shape index (κ1) is 16.0. The van der Waals surface area contributed by atoms with Crippen LogP contribution in [-0.4, -0.2) is 5.91 Å². The minimum atomic E-state index is -4.83. The van der Waals surface area contributed by atoms with Crippen LogP contribution in [-0.2, 0) is 12.7 Å². The summed E-state index contributed by atoms with van der Waals surface area (Å²) in [7, 11) is 0. The molecule has 21 heavy (non-hydrogen) atoms. The number of thiophene rings is 1. The van der Waals surface area contributed by atoms with E-state index in [4.69, 9.17) is 0 Å². The van der Waals surface area contributed by atoms with E-state index in [-0.39, 0.29) is 12.1 Å². The molecule has 0 radical (unpaired) electrons. The molecule has 112 valence electrons. The van der Waals surface area contributed by atoms with Gasteiger partial charge in [-0.1, -0.05) is 0 Å². The van der Waals surface area contributed by atoms with Crippen molar-refractivity contribution in [3.05, 3.63) is 55.9 Å². The van der Waals surface area contributed by atoms with E-state index in [1.807, 2.05) is 5.38 Å². The molecule has 0 saturated heterocycles. The van der Waals surface area contributed by atoms with Gasteiger partial charge >= 0.3 is 6.18 Å². The van der Waals surface area contributed by atoms with E-state index < -0.39 is 23.5 Å². The maximum absolute atomic E-state index is 13.1. The molecule has 0 aliphatic heterocycles. The molecule has 1 heterocycles. The van der Waals surface area contributed by atoms with Crippen LogP contribution in [0.4, 0.5) is 17.6 Å². The van der Waals surface area contributed by atoms with Gasteiger partial charge in [-0.05, 0) is 40.2 Å². The van der Waals surface area contributed by atoms with Gasteiger partial charge in [-0.2, -0.15) is 13.2 Å². The Hall–Kier alpha value is -1.41. The smallest absolute Gasteiger partial charge is 0.347 e. The van der Waals surface area contributed by atoms with E-state index in [0.717, 1.165) is 15.4 Å². The van der Waals surface area contributed by atoms with Crippen LogP contribution >= 0.6 is 27.3 Å². The highest BCUT2D eigenvalue weighted by Crippen LogP contribution is 2.31. The fraction of sp³-hybridized carbons (Fsp3) is 0.154. The molecule has 0 spiro atoms. The molecule has 0 saturated carbocycles. The summed E-state index contributed by atoms with van der Waals surface area (Å²) in [6.45, 7) is 0.188. The van der Waals surface area contributed by atoms with Crippen LogP contribution in [0.15, 0.2) is 34.1 Å². The van der Waals surface area contributed by atoms with Crippen molar-refractivity contribution in [3.8, 4) is 0 Å². The number of carbonyl (C=O) groups is 1. The molecule has 2 rings (SSSR count). The first-order valence-corrected chi connectivity index (χ1v) is 7.32. The summed E-state index contributed by atoms with van der Waals surface area (Å²) < 4.78 is 51.7. The Balaban J connectivity index is 2.12. The third kappa shape index (κ3) is 4.04. The topological polar surface area (TPSA) is 29.1 Å². The van der Waals surface area contributed by atoms with E-state index in [1.54, 1.807) is 6.07 Å². The predicted octanol–water partition coefficient (Wildman–Crippen LogP) is 4.60. The molecule has 2 aromatic rings. The largest absolute Gasteiger partial charge is 0.419 e. The normalized spacial score (nSPS) is 11.5. The third-order valence-electron chi connectivity index (χ3n) is 2.58. The lowest BCUT2D eigenvalue weighted by atomic mass is 10.1. The Morgan fingerprint density at radius 1 is 1.29 bits per heavy atom. The van der Waals surface area contributed by atoms with Gasteiger partial charge in [-0.3, -0.25) is 4.79 Å². The molecule has 1 N–H and O–H groups in total. The first-order valence-electron chi connectivity index (χ1n) is 5.65. The maximum Gasteiger partial charge on any atom is 0.419 e. The average Bonchev–Trinajstić information content (AvgIpc) is 2.81. The van der Waals surface area contributed by atoms with Crippen molar-refractivity contribution in [2.75, 3.05) is 0 Å². The number of carbonyl (C=O) groups excluding carboxylic acids is 1.